The number of hydrogen-bond donors (Lipinski definition) is 4. The van der Waals surface area contributed by atoms with Crippen molar-refractivity contribution in [1.82, 2.24) is 5.32 Å². The van der Waals surface area contributed by atoms with Gasteiger partial charge in [0.05, 0.1) is 0 Å². The highest BCUT2D eigenvalue weighted by Gasteiger charge is 2.43. The normalized spacial score (nSPS) is 36.7. The minimum Gasteiger partial charge on any atom is -0.388 e. The van der Waals surface area contributed by atoms with Crippen molar-refractivity contribution in [2.75, 3.05) is 13.7 Å². The fraction of sp³-hybridized carbons (Fsp3) is 0.909. The van der Waals surface area contributed by atoms with Crippen molar-refractivity contribution in [2.24, 2.45) is 5.92 Å². The number of aliphatic hydroxyl groups excluding tert-OH is 3. The molecule has 0 radical (unpaired) electrons. The lowest BCUT2D eigenvalue weighted by molar-refractivity contribution is -0.288. The highest BCUT2D eigenvalue weighted by molar-refractivity contribution is 5.77. The molecule has 1 rings (SSSR count). The van der Waals surface area contributed by atoms with Crippen LogP contribution in [0.4, 0.5) is 0 Å². The van der Waals surface area contributed by atoms with Crippen molar-refractivity contribution in [1.29, 1.82) is 0 Å². The maximum atomic E-state index is 11.4. The third-order valence-electron chi connectivity index (χ3n) is 2.90. The summed E-state index contributed by atoms with van der Waals surface area (Å²) in [4.78, 5) is 11.4. The monoisotopic (exact) mass is 263 g/mol. The lowest BCUT2D eigenvalue weighted by Gasteiger charge is -2.39. The van der Waals surface area contributed by atoms with Crippen molar-refractivity contribution < 1.29 is 29.6 Å². The van der Waals surface area contributed by atoms with Gasteiger partial charge in [-0.15, -0.1) is 0 Å². The third-order valence-corrected chi connectivity index (χ3v) is 2.90. The van der Waals surface area contributed by atoms with E-state index in [1.165, 1.54) is 7.11 Å². The lowest BCUT2D eigenvalue weighted by atomic mass is 9.98. The van der Waals surface area contributed by atoms with E-state index in [9.17, 15) is 20.1 Å². The smallest absolute Gasteiger partial charge is 0.222 e. The molecule has 1 fully saturated rings. The lowest BCUT2D eigenvalue weighted by Crippen LogP contribution is -2.60. The average Bonchev–Trinajstić information content (AvgIpc) is 2.34. The van der Waals surface area contributed by atoms with E-state index in [4.69, 9.17) is 9.47 Å². The van der Waals surface area contributed by atoms with Crippen LogP contribution in [-0.4, -0.2) is 65.6 Å². The number of aliphatic hydroxyl groups is 3. The molecule has 0 saturated carbocycles. The summed E-state index contributed by atoms with van der Waals surface area (Å²) < 4.78 is 10.1. The van der Waals surface area contributed by atoms with Gasteiger partial charge in [0, 0.05) is 19.6 Å². The molecule has 5 atom stereocenters. The second-order valence-corrected chi connectivity index (χ2v) is 4.65. The van der Waals surface area contributed by atoms with E-state index in [0.717, 1.165) is 0 Å². The average molecular weight is 263 g/mol. The van der Waals surface area contributed by atoms with Gasteiger partial charge in [-0.1, -0.05) is 13.8 Å². The van der Waals surface area contributed by atoms with E-state index in [1.807, 2.05) is 0 Å². The summed E-state index contributed by atoms with van der Waals surface area (Å²) >= 11 is 0. The Balaban J connectivity index is 2.57. The van der Waals surface area contributed by atoms with E-state index in [1.54, 1.807) is 13.8 Å². The third kappa shape index (κ3) is 3.39. The van der Waals surface area contributed by atoms with E-state index >= 15 is 0 Å². The first kappa shape index (κ1) is 15.3. The molecule has 4 N–H and O–H groups in total. The van der Waals surface area contributed by atoms with Gasteiger partial charge in [0.25, 0.3) is 0 Å². The zero-order valence-electron chi connectivity index (χ0n) is 10.7. The van der Waals surface area contributed by atoms with Gasteiger partial charge < -0.3 is 30.1 Å². The number of rotatable bonds is 4. The molecule has 7 nitrogen and oxygen atoms in total. The zero-order valence-corrected chi connectivity index (χ0v) is 10.7. The van der Waals surface area contributed by atoms with Gasteiger partial charge in [-0.2, -0.15) is 0 Å². The molecule has 0 aliphatic carbocycles. The van der Waals surface area contributed by atoms with Crippen molar-refractivity contribution in [3.63, 3.8) is 0 Å². The van der Waals surface area contributed by atoms with Gasteiger partial charge in [0.15, 0.2) is 6.29 Å². The van der Waals surface area contributed by atoms with Crippen LogP contribution in [0.2, 0.25) is 0 Å². The number of carbonyl (C=O) groups is 1. The second-order valence-electron chi connectivity index (χ2n) is 4.65. The molecular weight excluding hydrogens is 242 g/mol. The molecule has 0 bridgehead atoms. The van der Waals surface area contributed by atoms with Gasteiger partial charge in [0.1, 0.15) is 24.4 Å². The standard InChI is InChI=1S/C11H21NO6/c1-5(2)10(16)12-4-6-7(13)8(14)9(15)11(17-3)18-6/h5-9,11,13-15H,4H2,1-3H3,(H,12,16)/t6-,7-,8+,9+,11+/m1/s1. The number of amides is 1. The summed E-state index contributed by atoms with van der Waals surface area (Å²) in [6.45, 7) is 3.52. The molecule has 0 aromatic carbocycles. The Morgan fingerprint density at radius 2 is 1.89 bits per heavy atom. The predicted octanol–water partition coefficient (Wildman–Crippen LogP) is -1.79. The molecule has 1 saturated heterocycles. The maximum Gasteiger partial charge on any atom is 0.222 e. The van der Waals surface area contributed by atoms with Gasteiger partial charge in [0.2, 0.25) is 5.91 Å². The summed E-state index contributed by atoms with van der Waals surface area (Å²) in [7, 11) is 1.32. The summed E-state index contributed by atoms with van der Waals surface area (Å²) in [5.41, 5.74) is 0. The van der Waals surface area contributed by atoms with Crippen molar-refractivity contribution in [3.8, 4) is 0 Å². The van der Waals surface area contributed by atoms with Gasteiger partial charge in [-0.3, -0.25) is 4.79 Å². The molecule has 0 aromatic heterocycles. The van der Waals surface area contributed by atoms with Crippen molar-refractivity contribution in [3.05, 3.63) is 0 Å². The molecule has 7 heteroatoms. The van der Waals surface area contributed by atoms with Gasteiger partial charge >= 0.3 is 0 Å². The maximum absolute atomic E-state index is 11.4. The van der Waals surface area contributed by atoms with Crippen molar-refractivity contribution >= 4 is 5.91 Å². The first-order chi connectivity index (χ1) is 8.38. The summed E-state index contributed by atoms with van der Waals surface area (Å²) in [5.74, 6) is -0.361. The highest BCUT2D eigenvalue weighted by atomic mass is 16.7. The molecule has 1 aliphatic rings. The SMILES string of the molecule is CO[C@H]1O[C@H](CNC(=O)C(C)C)[C@@H](O)[C@H](O)[C@@H]1O. The quantitative estimate of drug-likeness (QED) is 0.477. The minimum absolute atomic E-state index is 0.0435. The molecule has 106 valence electrons. The van der Waals surface area contributed by atoms with Crippen LogP contribution in [0.25, 0.3) is 0 Å². The molecule has 0 aromatic rings. The second kappa shape index (κ2) is 6.44. The zero-order chi connectivity index (χ0) is 13.9. The molecule has 1 aliphatic heterocycles. The molecule has 1 amide bonds. The topological polar surface area (TPSA) is 108 Å². The van der Waals surface area contributed by atoms with Crippen LogP contribution < -0.4 is 5.32 Å². The van der Waals surface area contributed by atoms with E-state index in [-0.39, 0.29) is 18.4 Å². The molecule has 18 heavy (non-hydrogen) atoms. The Bertz CT molecular complexity index is 283. The predicted molar refractivity (Wildman–Crippen MR) is 61.5 cm³/mol. The fourth-order valence-corrected chi connectivity index (χ4v) is 1.69. The summed E-state index contributed by atoms with van der Waals surface area (Å²) in [6, 6.07) is 0. The van der Waals surface area contributed by atoms with Crippen LogP contribution in [-0.2, 0) is 14.3 Å². The van der Waals surface area contributed by atoms with Crippen LogP contribution in [0.1, 0.15) is 13.8 Å². The molecule has 0 spiro atoms. The first-order valence-electron chi connectivity index (χ1n) is 5.88. The first-order valence-corrected chi connectivity index (χ1v) is 5.88. The van der Waals surface area contributed by atoms with E-state index < -0.39 is 30.7 Å². The Morgan fingerprint density at radius 3 is 2.39 bits per heavy atom. The summed E-state index contributed by atoms with van der Waals surface area (Å²) in [5, 5.41) is 31.5. The van der Waals surface area contributed by atoms with Crippen LogP contribution in [0.5, 0.6) is 0 Å². The number of methoxy groups -OCH3 is 1. The number of carbonyl (C=O) groups excluding carboxylic acids is 1. The largest absolute Gasteiger partial charge is 0.388 e. The van der Waals surface area contributed by atoms with Crippen LogP contribution in [0.15, 0.2) is 0 Å². The Labute approximate surface area is 106 Å². The Kier molecular flexibility index (Phi) is 5.48. The number of hydrogen-bond acceptors (Lipinski definition) is 6. The van der Waals surface area contributed by atoms with Crippen LogP contribution in [0, 0.1) is 5.92 Å². The van der Waals surface area contributed by atoms with Gasteiger partial charge in [-0.25, -0.2) is 0 Å². The number of ether oxygens (including phenoxy) is 2. The van der Waals surface area contributed by atoms with E-state index in [0.29, 0.717) is 0 Å². The molecular formula is C11H21NO6. The van der Waals surface area contributed by atoms with Gasteiger partial charge in [-0.05, 0) is 0 Å². The molecule has 0 unspecified atom stereocenters. The Hall–Kier alpha value is -0.730. The Morgan fingerprint density at radius 1 is 1.28 bits per heavy atom. The van der Waals surface area contributed by atoms with Crippen LogP contribution in [0.3, 0.4) is 0 Å². The van der Waals surface area contributed by atoms with E-state index in [2.05, 4.69) is 5.32 Å². The fourth-order valence-electron chi connectivity index (χ4n) is 1.69. The van der Waals surface area contributed by atoms with Crippen molar-refractivity contribution in [2.45, 2.75) is 44.6 Å². The highest BCUT2D eigenvalue weighted by Crippen LogP contribution is 2.21. The summed E-state index contributed by atoms with van der Waals surface area (Å²) in [6.07, 6.45) is -5.81. The minimum atomic E-state index is -1.37. The molecule has 1 heterocycles. The van der Waals surface area contributed by atoms with Crippen LogP contribution >= 0.6 is 0 Å². The number of nitrogens with one attached hydrogen (secondary N) is 1.